The quantitative estimate of drug-likeness (QED) is 0.826. The van der Waals surface area contributed by atoms with Gasteiger partial charge in [-0.2, -0.15) is 0 Å². The Balaban J connectivity index is 1.77. The van der Waals surface area contributed by atoms with Gasteiger partial charge in [0.1, 0.15) is 5.01 Å². The third kappa shape index (κ3) is 2.15. The van der Waals surface area contributed by atoms with E-state index in [-0.39, 0.29) is 0 Å². The first kappa shape index (κ1) is 10.1. The van der Waals surface area contributed by atoms with Crippen molar-refractivity contribution in [3.05, 3.63) is 16.6 Å². The fourth-order valence-electron chi connectivity index (χ4n) is 1.78. The van der Waals surface area contributed by atoms with Gasteiger partial charge in [0, 0.05) is 11.6 Å². The van der Waals surface area contributed by atoms with E-state index in [4.69, 9.17) is 0 Å². The van der Waals surface area contributed by atoms with Gasteiger partial charge >= 0.3 is 0 Å². The van der Waals surface area contributed by atoms with Crippen LogP contribution in [0.3, 0.4) is 0 Å². The molecule has 2 unspecified atom stereocenters. The van der Waals surface area contributed by atoms with E-state index in [1.807, 2.05) is 11.6 Å². The van der Waals surface area contributed by atoms with Crippen LogP contribution in [-0.2, 0) is 0 Å². The highest BCUT2D eigenvalue weighted by Gasteiger charge is 2.44. The first-order valence-electron chi connectivity index (χ1n) is 5.22. The summed E-state index contributed by atoms with van der Waals surface area (Å²) < 4.78 is 0. The minimum atomic E-state index is 0.409. The van der Waals surface area contributed by atoms with Crippen molar-refractivity contribution in [2.45, 2.75) is 33.2 Å². The predicted molar refractivity (Wildman–Crippen MR) is 60.4 cm³/mol. The van der Waals surface area contributed by atoms with Gasteiger partial charge in [-0.15, -0.1) is 11.3 Å². The van der Waals surface area contributed by atoms with Gasteiger partial charge in [-0.3, -0.25) is 0 Å². The van der Waals surface area contributed by atoms with Gasteiger partial charge in [0.05, 0.1) is 6.04 Å². The third-order valence-corrected chi connectivity index (χ3v) is 4.17. The molecule has 1 heterocycles. The van der Waals surface area contributed by atoms with Crippen LogP contribution in [0, 0.1) is 11.3 Å². The largest absolute Gasteiger partial charge is 0.308 e. The lowest BCUT2D eigenvalue weighted by Gasteiger charge is -2.11. The van der Waals surface area contributed by atoms with E-state index >= 15 is 0 Å². The van der Waals surface area contributed by atoms with Gasteiger partial charge in [0.25, 0.3) is 0 Å². The minimum Gasteiger partial charge on any atom is -0.308 e. The molecule has 1 fully saturated rings. The molecule has 0 aromatic carbocycles. The normalized spacial score (nSPS) is 26.1. The lowest BCUT2D eigenvalue weighted by molar-refractivity contribution is 0.484. The fraction of sp³-hybridized carbons (Fsp3) is 0.727. The second-order valence-electron chi connectivity index (χ2n) is 4.89. The summed E-state index contributed by atoms with van der Waals surface area (Å²) in [5.74, 6) is 0.866. The molecule has 3 heteroatoms. The molecule has 0 saturated heterocycles. The molecule has 1 aliphatic carbocycles. The molecule has 0 aliphatic heterocycles. The lowest BCUT2D eigenvalue weighted by Crippen LogP contribution is -2.22. The Morgan fingerprint density at radius 2 is 2.43 bits per heavy atom. The predicted octanol–water partition coefficient (Wildman–Crippen LogP) is 2.84. The van der Waals surface area contributed by atoms with Crippen LogP contribution in [0.5, 0.6) is 0 Å². The Labute approximate surface area is 89.8 Å². The summed E-state index contributed by atoms with van der Waals surface area (Å²) in [6.07, 6.45) is 3.24. The number of aromatic nitrogens is 1. The summed E-state index contributed by atoms with van der Waals surface area (Å²) in [5.41, 5.74) is 0.579. The number of nitrogens with zero attached hydrogens (tertiary/aromatic N) is 1. The van der Waals surface area contributed by atoms with Crippen LogP contribution in [0.1, 0.15) is 38.2 Å². The molecule has 0 bridgehead atoms. The molecular formula is C11H18N2S. The van der Waals surface area contributed by atoms with Crippen LogP contribution in [-0.4, -0.2) is 11.5 Å². The highest BCUT2D eigenvalue weighted by atomic mass is 32.1. The van der Waals surface area contributed by atoms with E-state index in [2.05, 4.69) is 31.1 Å². The monoisotopic (exact) mass is 210 g/mol. The Bertz CT molecular complexity index is 292. The average molecular weight is 210 g/mol. The van der Waals surface area contributed by atoms with Gasteiger partial charge < -0.3 is 5.32 Å². The summed E-state index contributed by atoms with van der Waals surface area (Å²) in [6.45, 7) is 8.00. The molecule has 1 aromatic heterocycles. The smallest absolute Gasteiger partial charge is 0.109 e. The van der Waals surface area contributed by atoms with Crippen LogP contribution in [0.15, 0.2) is 11.6 Å². The van der Waals surface area contributed by atoms with Gasteiger partial charge in [-0.05, 0) is 31.2 Å². The number of thiazole rings is 1. The molecule has 1 N–H and O–H groups in total. The molecule has 2 rings (SSSR count). The molecule has 2 atom stereocenters. The standard InChI is InChI=1S/C11H18N2S/c1-8(10-12-4-5-14-10)13-7-9-6-11(9,2)3/h4-5,8-9,13H,6-7H2,1-3H3. The van der Waals surface area contributed by atoms with E-state index in [0.29, 0.717) is 11.5 Å². The Morgan fingerprint density at radius 3 is 2.93 bits per heavy atom. The first-order chi connectivity index (χ1) is 6.59. The van der Waals surface area contributed by atoms with E-state index in [1.54, 1.807) is 11.3 Å². The molecule has 0 spiro atoms. The van der Waals surface area contributed by atoms with Crippen LogP contribution >= 0.6 is 11.3 Å². The van der Waals surface area contributed by atoms with Gasteiger partial charge in [0.2, 0.25) is 0 Å². The van der Waals surface area contributed by atoms with Crippen molar-refractivity contribution < 1.29 is 0 Å². The van der Waals surface area contributed by atoms with Crippen molar-refractivity contribution in [2.75, 3.05) is 6.54 Å². The van der Waals surface area contributed by atoms with Gasteiger partial charge in [0.15, 0.2) is 0 Å². The summed E-state index contributed by atoms with van der Waals surface area (Å²) in [5, 5.41) is 6.78. The number of rotatable bonds is 4. The third-order valence-electron chi connectivity index (χ3n) is 3.21. The van der Waals surface area contributed by atoms with Crippen molar-refractivity contribution in [3.63, 3.8) is 0 Å². The second kappa shape index (κ2) is 3.63. The maximum atomic E-state index is 4.31. The zero-order valence-corrected chi connectivity index (χ0v) is 9.90. The Morgan fingerprint density at radius 1 is 1.71 bits per heavy atom. The maximum Gasteiger partial charge on any atom is 0.109 e. The van der Waals surface area contributed by atoms with Gasteiger partial charge in [-0.1, -0.05) is 13.8 Å². The number of nitrogens with one attached hydrogen (secondary N) is 1. The Hall–Kier alpha value is -0.410. The molecule has 78 valence electrons. The number of hydrogen-bond acceptors (Lipinski definition) is 3. The molecule has 0 radical (unpaired) electrons. The summed E-state index contributed by atoms with van der Waals surface area (Å²) in [6, 6.07) is 0.409. The summed E-state index contributed by atoms with van der Waals surface area (Å²) >= 11 is 1.73. The number of hydrogen-bond donors (Lipinski definition) is 1. The van der Waals surface area contributed by atoms with Crippen LogP contribution < -0.4 is 5.32 Å². The van der Waals surface area contributed by atoms with E-state index in [1.165, 1.54) is 11.4 Å². The molecule has 1 aliphatic rings. The second-order valence-corrected chi connectivity index (χ2v) is 5.82. The Kier molecular flexibility index (Phi) is 2.62. The molecular weight excluding hydrogens is 192 g/mol. The van der Waals surface area contributed by atoms with E-state index < -0.39 is 0 Å². The zero-order valence-electron chi connectivity index (χ0n) is 9.08. The van der Waals surface area contributed by atoms with Gasteiger partial charge in [-0.25, -0.2) is 4.98 Å². The molecule has 0 amide bonds. The molecule has 2 nitrogen and oxygen atoms in total. The minimum absolute atomic E-state index is 0.409. The zero-order chi connectivity index (χ0) is 10.2. The SMILES string of the molecule is CC(NCC1CC1(C)C)c1nccs1. The summed E-state index contributed by atoms with van der Waals surface area (Å²) in [4.78, 5) is 4.31. The molecule has 14 heavy (non-hydrogen) atoms. The average Bonchev–Trinajstić information content (AvgIpc) is 2.58. The maximum absolute atomic E-state index is 4.31. The highest BCUT2D eigenvalue weighted by Crippen LogP contribution is 2.51. The molecule has 1 saturated carbocycles. The van der Waals surface area contributed by atoms with Crippen LogP contribution in [0.4, 0.5) is 0 Å². The highest BCUT2D eigenvalue weighted by molar-refractivity contribution is 7.09. The fourth-order valence-corrected chi connectivity index (χ4v) is 2.45. The van der Waals surface area contributed by atoms with E-state index in [9.17, 15) is 0 Å². The van der Waals surface area contributed by atoms with Crippen molar-refractivity contribution in [1.82, 2.24) is 10.3 Å². The van der Waals surface area contributed by atoms with Crippen molar-refractivity contribution >= 4 is 11.3 Å². The van der Waals surface area contributed by atoms with Crippen molar-refractivity contribution in [1.29, 1.82) is 0 Å². The van der Waals surface area contributed by atoms with Crippen molar-refractivity contribution in [3.8, 4) is 0 Å². The molecule has 1 aromatic rings. The summed E-state index contributed by atoms with van der Waals surface area (Å²) in [7, 11) is 0. The van der Waals surface area contributed by atoms with Crippen LogP contribution in [0.25, 0.3) is 0 Å². The first-order valence-corrected chi connectivity index (χ1v) is 6.10. The van der Waals surface area contributed by atoms with Crippen LogP contribution in [0.2, 0.25) is 0 Å². The van der Waals surface area contributed by atoms with Crippen molar-refractivity contribution in [2.24, 2.45) is 11.3 Å². The lowest BCUT2D eigenvalue weighted by atomic mass is 10.1. The van der Waals surface area contributed by atoms with E-state index in [0.717, 1.165) is 12.5 Å². The topological polar surface area (TPSA) is 24.9 Å².